The number of H-pyrrole nitrogens is 1. The van der Waals surface area contributed by atoms with E-state index in [9.17, 15) is 14.4 Å². The molecule has 1 amide bonds. The van der Waals surface area contributed by atoms with Gasteiger partial charge >= 0.3 is 16.6 Å². The summed E-state index contributed by atoms with van der Waals surface area (Å²) in [5.41, 5.74) is 1.52. The quantitative estimate of drug-likeness (QED) is 0.201. The molecule has 35 heavy (non-hydrogen) atoms. The molecule has 0 spiro atoms. The molecule has 11 heteroatoms. The van der Waals surface area contributed by atoms with Crippen LogP contribution in [0.1, 0.15) is 53.4 Å². The second-order valence-corrected chi connectivity index (χ2v) is 10.4. The van der Waals surface area contributed by atoms with Crippen LogP contribution >= 0.6 is 23.1 Å². The predicted octanol–water partition coefficient (Wildman–Crippen LogP) is 3.88. The van der Waals surface area contributed by atoms with Crippen LogP contribution in [0.5, 0.6) is 5.75 Å². The molecular weight excluding hydrogens is 490 g/mol. The van der Waals surface area contributed by atoms with Crippen LogP contribution in [0.15, 0.2) is 38.6 Å². The minimum Gasteiger partial charge on any atom is -0.497 e. The van der Waals surface area contributed by atoms with Crippen LogP contribution in [-0.2, 0) is 22.4 Å². The van der Waals surface area contributed by atoms with Crippen LogP contribution in [0.4, 0.5) is 5.00 Å². The number of aromatic nitrogens is 2. The minimum absolute atomic E-state index is 0.243. The van der Waals surface area contributed by atoms with Gasteiger partial charge in [-0.2, -0.15) is 0 Å². The van der Waals surface area contributed by atoms with Gasteiger partial charge in [0.05, 0.1) is 25.0 Å². The second-order valence-electron chi connectivity index (χ2n) is 8.08. The first-order chi connectivity index (χ1) is 17.0. The lowest BCUT2D eigenvalue weighted by molar-refractivity contribution is -0.704. The Labute approximate surface area is 210 Å². The summed E-state index contributed by atoms with van der Waals surface area (Å²) in [5.74, 6) is -0.0547. The lowest BCUT2D eigenvalue weighted by atomic mass is 10.1. The number of amides is 1. The number of thioether (sulfide) groups is 1. The Bertz CT molecular complexity index is 1260. The van der Waals surface area contributed by atoms with Crippen LogP contribution in [0.25, 0.3) is 5.69 Å². The summed E-state index contributed by atoms with van der Waals surface area (Å²) in [5, 5.41) is 5.70. The molecule has 0 saturated carbocycles. The fraction of sp³-hybridized carbons (Fsp3) is 0.417. The zero-order valence-electron chi connectivity index (χ0n) is 19.8. The normalized spacial score (nSPS) is 14.0. The summed E-state index contributed by atoms with van der Waals surface area (Å²) in [6.07, 6.45) is 5.32. The molecule has 2 N–H and O–H groups in total. The molecule has 186 valence electrons. The first kappa shape index (κ1) is 25.1. The van der Waals surface area contributed by atoms with Crippen molar-refractivity contribution in [3.63, 3.8) is 0 Å². The van der Waals surface area contributed by atoms with Crippen molar-refractivity contribution in [2.24, 2.45) is 0 Å². The van der Waals surface area contributed by atoms with Gasteiger partial charge < -0.3 is 14.8 Å². The SMILES string of the molecule is CCC(Sc1c(=O)o[nH][n+]1-c1ccc(OC)cc1)C(=O)Nc1sc2c(c1C(=O)OC)CCCCC2. The van der Waals surface area contributed by atoms with Gasteiger partial charge in [0.2, 0.25) is 11.6 Å². The number of methoxy groups -OCH3 is 2. The molecule has 1 atom stereocenters. The first-order valence-corrected chi connectivity index (χ1v) is 13.1. The molecule has 1 aromatic carbocycles. The van der Waals surface area contributed by atoms with Gasteiger partial charge in [-0.15, -0.1) is 11.3 Å². The number of fused-ring (bicyclic) bond motifs is 1. The van der Waals surface area contributed by atoms with E-state index >= 15 is 0 Å². The van der Waals surface area contributed by atoms with Gasteiger partial charge in [0.25, 0.3) is 0 Å². The van der Waals surface area contributed by atoms with Gasteiger partial charge in [-0.3, -0.25) is 9.32 Å². The smallest absolute Gasteiger partial charge is 0.442 e. The maximum Gasteiger partial charge on any atom is 0.442 e. The highest BCUT2D eigenvalue weighted by atomic mass is 32.2. The number of carbonyl (C=O) groups excluding carboxylic acids is 2. The van der Waals surface area contributed by atoms with Crippen molar-refractivity contribution in [2.45, 2.75) is 55.7 Å². The molecule has 1 aliphatic rings. The number of anilines is 1. The molecule has 0 saturated heterocycles. The summed E-state index contributed by atoms with van der Waals surface area (Å²) in [6.45, 7) is 1.87. The number of aryl methyl sites for hydroxylation is 1. The minimum atomic E-state index is -0.592. The monoisotopic (exact) mass is 518 g/mol. The third-order valence-corrected chi connectivity index (χ3v) is 8.51. The molecule has 2 heterocycles. The molecular formula is C24H28N3O6S2+. The van der Waals surface area contributed by atoms with Gasteiger partial charge in [0, 0.05) is 17.0 Å². The molecule has 0 aliphatic heterocycles. The molecule has 1 aliphatic carbocycles. The topological polar surface area (TPSA) is 115 Å². The number of thiophene rings is 1. The molecule has 4 rings (SSSR count). The number of hydrogen-bond donors (Lipinski definition) is 2. The third kappa shape index (κ3) is 5.30. The summed E-state index contributed by atoms with van der Waals surface area (Å²) in [4.78, 5) is 39.5. The molecule has 0 fully saturated rings. The maximum absolute atomic E-state index is 13.3. The molecule has 3 aromatic rings. The summed E-state index contributed by atoms with van der Waals surface area (Å²) >= 11 is 2.55. The largest absolute Gasteiger partial charge is 0.497 e. The fourth-order valence-corrected chi connectivity index (χ4v) is 6.33. The standard InChI is InChI=1S/C24H27N3O6S2/c1-4-17(35-22-24(30)33-26-27(22)14-10-12-15(31-2)13-11-14)20(28)25-21-19(23(29)32-3)16-8-6-5-7-9-18(16)34-21/h10-13,17H,4-9H2,1-3H3,(H-,25,26,28,29,30)/p+1. The fourth-order valence-electron chi connectivity index (χ4n) is 4.06. The highest BCUT2D eigenvalue weighted by Gasteiger charge is 2.32. The zero-order valence-corrected chi connectivity index (χ0v) is 21.5. The van der Waals surface area contributed by atoms with E-state index < -0.39 is 16.8 Å². The molecule has 0 bridgehead atoms. The van der Waals surface area contributed by atoms with Crippen molar-refractivity contribution >= 4 is 40.0 Å². The third-order valence-electron chi connectivity index (χ3n) is 5.90. The number of hydrogen-bond acceptors (Lipinski definition) is 8. The second kappa shape index (κ2) is 11.1. The highest BCUT2D eigenvalue weighted by molar-refractivity contribution is 8.00. The lowest BCUT2D eigenvalue weighted by Crippen LogP contribution is -2.37. The maximum atomic E-state index is 13.3. The van der Waals surface area contributed by atoms with E-state index in [1.54, 1.807) is 31.4 Å². The van der Waals surface area contributed by atoms with Crippen LogP contribution in [0.3, 0.4) is 0 Å². The first-order valence-electron chi connectivity index (χ1n) is 11.4. The highest BCUT2D eigenvalue weighted by Crippen LogP contribution is 2.38. The van der Waals surface area contributed by atoms with E-state index in [1.165, 1.54) is 23.1 Å². The van der Waals surface area contributed by atoms with Gasteiger partial charge in [-0.1, -0.05) is 13.3 Å². The Morgan fingerprint density at radius 1 is 1.20 bits per heavy atom. The van der Waals surface area contributed by atoms with Crippen LogP contribution in [-0.4, -0.2) is 36.6 Å². The number of nitrogens with zero attached hydrogens (tertiary/aromatic N) is 1. The number of carbonyl (C=O) groups is 2. The average molecular weight is 519 g/mol. The van der Waals surface area contributed by atoms with Crippen LogP contribution < -0.4 is 20.4 Å². The predicted molar refractivity (Wildman–Crippen MR) is 133 cm³/mol. The number of nitrogens with one attached hydrogen (secondary N) is 2. The van der Waals surface area contributed by atoms with E-state index in [4.69, 9.17) is 14.0 Å². The molecule has 9 nitrogen and oxygen atoms in total. The van der Waals surface area contributed by atoms with Crippen LogP contribution in [0.2, 0.25) is 0 Å². The Kier molecular flexibility index (Phi) is 7.97. The number of benzene rings is 1. The zero-order chi connectivity index (χ0) is 24.9. The van der Waals surface area contributed by atoms with E-state index in [1.807, 2.05) is 6.92 Å². The number of esters is 1. The lowest BCUT2D eigenvalue weighted by Gasteiger charge is -2.12. The van der Waals surface area contributed by atoms with E-state index in [0.29, 0.717) is 28.4 Å². The van der Waals surface area contributed by atoms with E-state index in [2.05, 4.69) is 10.6 Å². The number of rotatable bonds is 8. The van der Waals surface area contributed by atoms with Crippen molar-refractivity contribution in [2.75, 3.05) is 19.5 Å². The van der Waals surface area contributed by atoms with Crippen molar-refractivity contribution in [3.05, 3.63) is 50.7 Å². The van der Waals surface area contributed by atoms with Crippen molar-refractivity contribution in [1.29, 1.82) is 0 Å². The van der Waals surface area contributed by atoms with Crippen molar-refractivity contribution < 1.29 is 28.3 Å². The molecule has 0 radical (unpaired) electrons. The van der Waals surface area contributed by atoms with Gasteiger partial charge in [-0.05, 0) is 71.5 Å². The van der Waals surface area contributed by atoms with Gasteiger partial charge in [0.15, 0.2) is 0 Å². The van der Waals surface area contributed by atoms with Gasteiger partial charge in [-0.25, -0.2) is 9.59 Å². The summed E-state index contributed by atoms with van der Waals surface area (Å²) in [7, 11) is 2.92. The van der Waals surface area contributed by atoms with Crippen LogP contribution in [0, 0.1) is 0 Å². The van der Waals surface area contributed by atoms with Crippen molar-refractivity contribution in [3.8, 4) is 11.4 Å². The Hall–Kier alpha value is -3.05. The average Bonchev–Trinajstić information content (AvgIpc) is 3.31. The van der Waals surface area contributed by atoms with Gasteiger partial charge in [0.1, 0.15) is 10.8 Å². The Balaban J connectivity index is 1.59. The molecule has 2 aromatic heterocycles. The molecule has 1 unspecified atom stereocenters. The number of ether oxygens (including phenoxy) is 2. The van der Waals surface area contributed by atoms with E-state index in [0.717, 1.165) is 54.3 Å². The summed E-state index contributed by atoms with van der Waals surface area (Å²) in [6, 6.07) is 7.08. The van der Waals surface area contributed by atoms with E-state index in [-0.39, 0.29) is 10.9 Å². The summed E-state index contributed by atoms with van der Waals surface area (Å²) < 4.78 is 16.7. The Morgan fingerprint density at radius 3 is 2.63 bits per heavy atom. The van der Waals surface area contributed by atoms with Crippen molar-refractivity contribution in [1.82, 2.24) is 5.27 Å². The Morgan fingerprint density at radius 2 is 1.94 bits per heavy atom. The number of aromatic amines is 1.